The van der Waals surface area contributed by atoms with E-state index in [1.807, 2.05) is 20.8 Å². The Balaban J connectivity index is 2.49. The van der Waals surface area contributed by atoms with Gasteiger partial charge in [-0.25, -0.2) is 4.98 Å². The molecule has 1 aromatic heterocycles. The first-order valence-electron chi connectivity index (χ1n) is 6.31. The topological polar surface area (TPSA) is 102 Å². The smallest absolute Gasteiger partial charge is 0.242 e. The van der Waals surface area contributed by atoms with Crippen LogP contribution in [0.3, 0.4) is 0 Å². The zero-order valence-electron chi connectivity index (χ0n) is 11.6. The molecule has 7 nitrogen and oxygen atoms in total. The lowest BCUT2D eigenvalue weighted by molar-refractivity contribution is -0.121. The van der Waals surface area contributed by atoms with E-state index in [0.717, 1.165) is 0 Å². The summed E-state index contributed by atoms with van der Waals surface area (Å²) in [7, 11) is 0. The monoisotopic (exact) mass is 267 g/mol. The Morgan fingerprint density at radius 3 is 2.84 bits per heavy atom. The van der Waals surface area contributed by atoms with Gasteiger partial charge in [-0.05, 0) is 20.8 Å². The second-order valence-electron chi connectivity index (χ2n) is 4.27. The quantitative estimate of drug-likeness (QED) is 0.675. The molecule has 1 rings (SSSR count). The molecule has 0 spiro atoms. The van der Waals surface area contributed by atoms with Gasteiger partial charge in [-0.1, -0.05) is 0 Å². The van der Waals surface area contributed by atoms with Crippen molar-refractivity contribution >= 4 is 17.4 Å². The lowest BCUT2D eigenvalue weighted by Gasteiger charge is -2.11. The van der Waals surface area contributed by atoms with Crippen molar-refractivity contribution in [2.24, 2.45) is 0 Å². The zero-order chi connectivity index (χ0) is 14.3. The summed E-state index contributed by atoms with van der Waals surface area (Å²) in [6, 6.07) is 0.140. The Kier molecular flexibility index (Phi) is 5.84. The molecule has 19 heavy (non-hydrogen) atoms. The van der Waals surface area contributed by atoms with Crippen molar-refractivity contribution in [2.75, 3.05) is 24.2 Å². The number of carbonyl (C=O) groups excluding carboxylic acids is 1. The van der Waals surface area contributed by atoms with Crippen LogP contribution in [0.1, 0.15) is 27.2 Å². The minimum Gasteiger partial charge on any atom is -0.476 e. The van der Waals surface area contributed by atoms with E-state index >= 15 is 0 Å². The number of nitrogens with zero attached hydrogens (tertiary/aromatic N) is 2. The number of nitrogens with one attached hydrogen (secondary N) is 2. The van der Waals surface area contributed by atoms with E-state index in [4.69, 9.17) is 10.5 Å². The van der Waals surface area contributed by atoms with Crippen LogP contribution in [0.4, 0.5) is 11.5 Å². The Morgan fingerprint density at radius 2 is 2.21 bits per heavy atom. The van der Waals surface area contributed by atoms with E-state index in [-0.39, 0.29) is 11.9 Å². The fourth-order valence-corrected chi connectivity index (χ4v) is 1.46. The van der Waals surface area contributed by atoms with Gasteiger partial charge < -0.3 is 21.1 Å². The summed E-state index contributed by atoms with van der Waals surface area (Å²) < 4.78 is 5.26. The largest absolute Gasteiger partial charge is 0.476 e. The van der Waals surface area contributed by atoms with Crippen LogP contribution in [-0.4, -0.2) is 35.1 Å². The predicted octanol–water partition coefficient (Wildman–Crippen LogP) is 0.784. The van der Waals surface area contributed by atoms with Gasteiger partial charge in [-0.15, -0.1) is 0 Å². The summed E-state index contributed by atoms with van der Waals surface area (Å²) in [4.78, 5) is 19.4. The number of anilines is 2. The molecule has 106 valence electrons. The molecule has 0 aliphatic heterocycles. The Labute approximate surface area is 113 Å². The average molecular weight is 267 g/mol. The molecule has 0 saturated heterocycles. The second kappa shape index (κ2) is 7.40. The van der Waals surface area contributed by atoms with Crippen LogP contribution in [0.15, 0.2) is 6.33 Å². The first kappa shape index (κ1) is 15.0. The molecule has 0 fully saturated rings. The minimum atomic E-state index is -0.0137. The van der Waals surface area contributed by atoms with Crippen molar-refractivity contribution in [3.05, 3.63) is 6.33 Å². The van der Waals surface area contributed by atoms with Crippen molar-refractivity contribution in [1.82, 2.24) is 15.3 Å². The molecule has 0 aromatic carbocycles. The first-order chi connectivity index (χ1) is 9.04. The third-order valence-corrected chi connectivity index (χ3v) is 2.22. The third-order valence-electron chi connectivity index (χ3n) is 2.22. The average Bonchev–Trinajstić information content (AvgIpc) is 2.33. The number of nitrogens with two attached hydrogens (primary N) is 1. The SMILES string of the molecule is CCOc1ncnc(NCCC(=O)NC(C)C)c1N. The molecule has 1 aromatic rings. The van der Waals surface area contributed by atoms with Crippen LogP contribution in [0.2, 0.25) is 0 Å². The first-order valence-corrected chi connectivity index (χ1v) is 6.31. The summed E-state index contributed by atoms with van der Waals surface area (Å²) in [5.41, 5.74) is 6.21. The van der Waals surface area contributed by atoms with E-state index in [1.54, 1.807) is 0 Å². The van der Waals surface area contributed by atoms with Crippen molar-refractivity contribution in [1.29, 1.82) is 0 Å². The zero-order valence-corrected chi connectivity index (χ0v) is 11.6. The van der Waals surface area contributed by atoms with Crippen LogP contribution < -0.4 is 21.1 Å². The van der Waals surface area contributed by atoms with E-state index in [9.17, 15) is 4.79 Å². The Hall–Kier alpha value is -2.05. The molecule has 1 amide bonds. The number of rotatable bonds is 7. The molecule has 0 unspecified atom stereocenters. The highest BCUT2D eigenvalue weighted by Crippen LogP contribution is 2.24. The maximum Gasteiger partial charge on any atom is 0.242 e. The van der Waals surface area contributed by atoms with Crippen molar-refractivity contribution in [3.63, 3.8) is 0 Å². The molecule has 4 N–H and O–H groups in total. The van der Waals surface area contributed by atoms with Gasteiger partial charge in [0.05, 0.1) is 6.61 Å². The molecule has 0 saturated carbocycles. The Morgan fingerprint density at radius 1 is 1.47 bits per heavy atom. The molecular weight excluding hydrogens is 246 g/mol. The number of amides is 1. The van der Waals surface area contributed by atoms with E-state index in [2.05, 4.69) is 20.6 Å². The lowest BCUT2D eigenvalue weighted by Crippen LogP contribution is -2.31. The third kappa shape index (κ3) is 4.99. The second-order valence-corrected chi connectivity index (χ2v) is 4.27. The molecule has 1 heterocycles. The van der Waals surface area contributed by atoms with Crippen LogP contribution in [0, 0.1) is 0 Å². The Bertz CT molecular complexity index is 423. The molecule has 7 heteroatoms. The number of hydrogen-bond donors (Lipinski definition) is 3. The summed E-state index contributed by atoms with van der Waals surface area (Å²) in [5.74, 6) is 0.822. The molecule has 0 radical (unpaired) electrons. The van der Waals surface area contributed by atoms with Crippen LogP contribution in [-0.2, 0) is 4.79 Å². The summed E-state index contributed by atoms with van der Waals surface area (Å²) >= 11 is 0. The highest BCUT2D eigenvalue weighted by atomic mass is 16.5. The van der Waals surface area contributed by atoms with Crippen LogP contribution in [0.5, 0.6) is 5.88 Å². The summed E-state index contributed by atoms with van der Waals surface area (Å²) in [6.45, 7) is 6.62. The molecule has 0 aliphatic carbocycles. The predicted molar refractivity (Wildman–Crippen MR) is 74.0 cm³/mol. The van der Waals surface area contributed by atoms with Crippen molar-refractivity contribution in [2.45, 2.75) is 33.2 Å². The van der Waals surface area contributed by atoms with E-state index in [0.29, 0.717) is 37.0 Å². The maximum absolute atomic E-state index is 11.5. The highest BCUT2D eigenvalue weighted by Gasteiger charge is 2.09. The number of nitrogen functional groups attached to an aromatic ring is 1. The molecule has 0 bridgehead atoms. The maximum atomic E-state index is 11.5. The van der Waals surface area contributed by atoms with E-state index in [1.165, 1.54) is 6.33 Å². The van der Waals surface area contributed by atoms with Gasteiger partial charge >= 0.3 is 0 Å². The van der Waals surface area contributed by atoms with Gasteiger partial charge in [-0.3, -0.25) is 4.79 Å². The molecule has 0 atom stereocenters. The number of ether oxygens (including phenoxy) is 1. The standard InChI is InChI=1S/C12H21N5O2/c1-4-19-12-10(13)11(15-7-16-12)14-6-5-9(18)17-8(2)3/h7-8H,4-6,13H2,1-3H3,(H,17,18)(H,14,15,16). The fourth-order valence-electron chi connectivity index (χ4n) is 1.46. The molecular formula is C12H21N5O2. The van der Waals surface area contributed by atoms with Gasteiger partial charge in [0, 0.05) is 19.0 Å². The van der Waals surface area contributed by atoms with Crippen LogP contribution in [0.25, 0.3) is 0 Å². The van der Waals surface area contributed by atoms with Gasteiger partial charge in [0.15, 0.2) is 5.82 Å². The molecule has 0 aliphatic rings. The number of aromatic nitrogens is 2. The number of carbonyl (C=O) groups is 1. The van der Waals surface area contributed by atoms with E-state index < -0.39 is 0 Å². The number of hydrogen-bond acceptors (Lipinski definition) is 6. The lowest BCUT2D eigenvalue weighted by atomic mass is 10.3. The van der Waals surface area contributed by atoms with Gasteiger partial charge in [0.25, 0.3) is 0 Å². The fraction of sp³-hybridized carbons (Fsp3) is 0.583. The highest BCUT2D eigenvalue weighted by molar-refractivity contribution is 5.77. The van der Waals surface area contributed by atoms with Crippen LogP contribution >= 0.6 is 0 Å². The van der Waals surface area contributed by atoms with Gasteiger partial charge in [-0.2, -0.15) is 4.98 Å². The minimum absolute atomic E-state index is 0.0137. The van der Waals surface area contributed by atoms with Gasteiger partial charge in [0.2, 0.25) is 11.8 Å². The van der Waals surface area contributed by atoms with Crippen molar-refractivity contribution < 1.29 is 9.53 Å². The summed E-state index contributed by atoms with van der Waals surface area (Å²) in [5, 5.41) is 5.81. The summed E-state index contributed by atoms with van der Waals surface area (Å²) in [6.07, 6.45) is 1.73. The normalized spacial score (nSPS) is 10.3. The van der Waals surface area contributed by atoms with Crippen molar-refractivity contribution in [3.8, 4) is 5.88 Å². The van der Waals surface area contributed by atoms with Gasteiger partial charge in [0.1, 0.15) is 12.0 Å².